The smallest absolute Gasteiger partial charge is 0.222 e. The van der Waals surface area contributed by atoms with Gasteiger partial charge < -0.3 is 20.0 Å². The van der Waals surface area contributed by atoms with Gasteiger partial charge in [0.25, 0.3) is 0 Å². The number of anilines is 2. The average Bonchev–Trinajstić information content (AvgIpc) is 2.85. The highest BCUT2D eigenvalue weighted by atomic mass is 16.2. The van der Waals surface area contributed by atoms with E-state index in [4.69, 9.17) is 0 Å². The highest BCUT2D eigenvalue weighted by Crippen LogP contribution is 2.28. The van der Waals surface area contributed by atoms with Crippen LogP contribution in [0, 0.1) is 0 Å². The Bertz CT molecular complexity index is 840. The highest BCUT2D eigenvalue weighted by molar-refractivity contribution is 5.76. The lowest BCUT2D eigenvalue weighted by atomic mass is 9.89. The number of hydrogen-bond acceptors (Lipinski definition) is 4. The second-order valence-corrected chi connectivity index (χ2v) is 9.26. The lowest BCUT2D eigenvalue weighted by molar-refractivity contribution is -0.132. The summed E-state index contributed by atoms with van der Waals surface area (Å²) in [6, 6.07) is 19.4. The van der Waals surface area contributed by atoms with Crippen LogP contribution in [0.1, 0.15) is 43.6 Å². The largest absolute Gasteiger partial charge is 0.383 e. The molecule has 0 atom stereocenters. The summed E-state index contributed by atoms with van der Waals surface area (Å²) in [7, 11) is 2.19. The first-order valence-corrected chi connectivity index (χ1v) is 12.3. The fourth-order valence-corrected chi connectivity index (χ4v) is 4.92. The Labute approximate surface area is 193 Å². The van der Waals surface area contributed by atoms with Crippen LogP contribution in [0.15, 0.2) is 54.6 Å². The number of nitrogens with one attached hydrogen (secondary N) is 1. The van der Waals surface area contributed by atoms with Crippen molar-refractivity contribution in [3.63, 3.8) is 0 Å². The van der Waals surface area contributed by atoms with Crippen molar-refractivity contribution in [3.8, 4) is 0 Å². The summed E-state index contributed by atoms with van der Waals surface area (Å²) in [6.45, 7) is 7.08. The Morgan fingerprint density at radius 3 is 2.31 bits per heavy atom. The molecule has 5 nitrogen and oxygen atoms in total. The van der Waals surface area contributed by atoms with E-state index in [1.807, 2.05) is 0 Å². The monoisotopic (exact) mass is 434 g/mol. The number of benzene rings is 2. The van der Waals surface area contributed by atoms with Gasteiger partial charge in [-0.15, -0.1) is 0 Å². The number of likely N-dealkylation sites (N-methyl/N-ethyl adjacent to an activating group) is 1. The van der Waals surface area contributed by atoms with Gasteiger partial charge in [-0.25, -0.2) is 0 Å². The summed E-state index contributed by atoms with van der Waals surface area (Å²) < 4.78 is 0. The molecule has 172 valence electrons. The number of unbranched alkanes of at least 4 members (excludes halogenated alkanes) is 1. The number of rotatable bonds is 8. The second-order valence-electron chi connectivity index (χ2n) is 9.26. The Hall–Kier alpha value is -2.53. The number of nitrogens with zero attached hydrogens (tertiary/aromatic N) is 3. The third-order valence-electron chi connectivity index (χ3n) is 7.00. The van der Waals surface area contributed by atoms with Crippen molar-refractivity contribution >= 4 is 17.3 Å². The lowest BCUT2D eigenvalue weighted by Crippen LogP contribution is -2.44. The molecule has 0 aliphatic carbocycles. The van der Waals surface area contributed by atoms with Gasteiger partial charge in [0.15, 0.2) is 0 Å². The van der Waals surface area contributed by atoms with Crippen LogP contribution in [0.2, 0.25) is 0 Å². The minimum Gasteiger partial charge on any atom is -0.383 e. The first kappa shape index (κ1) is 22.7. The third kappa shape index (κ3) is 6.04. The molecule has 2 aromatic rings. The van der Waals surface area contributed by atoms with Crippen molar-refractivity contribution in [2.24, 2.45) is 0 Å². The number of likely N-dealkylation sites (tertiary alicyclic amines) is 1. The predicted molar refractivity (Wildman–Crippen MR) is 133 cm³/mol. The number of carbonyl (C=O) groups is 1. The topological polar surface area (TPSA) is 38.8 Å². The fraction of sp³-hybridized carbons (Fsp3) is 0.519. The van der Waals surface area contributed by atoms with Gasteiger partial charge in [0.05, 0.1) is 11.4 Å². The van der Waals surface area contributed by atoms with E-state index >= 15 is 0 Å². The Balaban J connectivity index is 1.15. The minimum atomic E-state index is 0.328. The second kappa shape index (κ2) is 11.4. The number of piperazine rings is 1. The molecule has 4 rings (SSSR count). The van der Waals surface area contributed by atoms with Crippen molar-refractivity contribution in [2.45, 2.75) is 38.0 Å². The summed E-state index contributed by atoms with van der Waals surface area (Å²) in [5, 5.41) is 3.62. The van der Waals surface area contributed by atoms with Crippen molar-refractivity contribution in [1.82, 2.24) is 9.80 Å². The van der Waals surface area contributed by atoms with E-state index in [2.05, 4.69) is 81.7 Å². The zero-order chi connectivity index (χ0) is 22.2. The molecule has 2 aliphatic heterocycles. The molecule has 2 aliphatic rings. The van der Waals surface area contributed by atoms with Gasteiger partial charge in [0.1, 0.15) is 0 Å². The molecule has 2 saturated heterocycles. The molecule has 0 bridgehead atoms. The maximum atomic E-state index is 12.7. The summed E-state index contributed by atoms with van der Waals surface area (Å²) in [4.78, 5) is 19.6. The molecule has 32 heavy (non-hydrogen) atoms. The summed E-state index contributed by atoms with van der Waals surface area (Å²) >= 11 is 0. The van der Waals surface area contributed by atoms with E-state index < -0.39 is 0 Å². The quantitative estimate of drug-likeness (QED) is 0.624. The molecule has 0 unspecified atom stereocenters. The van der Waals surface area contributed by atoms with Crippen molar-refractivity contribution in [3.05, 3.63) is 60.2 Å². The Morgan fingerprint density at radius 1 is 0.875 bits per heavy atom. The van der Waals surface area contributed by atoms with Crippen LogP contribution in [0.5, 0.6) is 0 Å². The highest BCUT2D eigenvalue weighted by Gasteiger charge is 2.23. The normalized spacial score (nSPS) is 18.0. The first-order valence-electron chi connectivity index (χ1n) is 12.3. The molecule has 0 saturated carbocycles. The third-order valence-corrected chi connectivity index (χ3v) is 7.00. The van der Waals surface area contributed by atoms with Gasteiger partial charge >= 0.3 is 0 Å². The summed E-state index contributed by atoms with van der Waals surface area (Å²) in [6.07, 6.45) is 4.79. The van der Waals surface area contributed by atoms with Gasteiger partial charge in [-0.05, 0) is 56.3 Å². The Kier molecular flexibility index (Phi) is 8.05. The van der Waals surface area contributed by atoms with E-state index in [0.29, 0.717) is 18.2 Å². The minimum absolute atomic E-state index is 0.328. The standard InChI is InChI=1S/C27H38N4O/c1-29-19-21-30(22-20-29)26-12-6-5-11-25(26)28-16-8-7-13-27(32)31-17-14-24(15-18-31)23-9-3-2-4-10-23/h2-6,9-12,24,28H,7-8,13-22H2,1H3. The number of para-hydroxylation sites is 2. The molecular formula is C27H38N4O. The zero-order valence-electron chi connectivity index (χ0n) is 19.5. The van der Waals surface area contributed by atoms with Crippen LogP contribution in [-0.4, -0.2) is 68.6 Å². The zero-order valence-corrected chi connectivity index (χ0v) is 19.5. The molecule has 2 fully saturated rings. The molecular weight excluding hydrogens is 396 g/mol. The van der Waals surface area contributed by atoms with E-state index in [9.17, 15) is 4.79 Å². The van der Waals surface area contributed by atoms with E-state index in [0.717, 1.165) is 71.5 Å². The maximum absolute atomic E-state index is 12.7. The van der Waals surface area contributed by atoms with E-state index in [1.165, 1.54) is 16.9 Å². The number of carbonyl (C=O) groups excluding carboxylic acids is 1. The number of amides is 1. The summed E-state index contributed by atoms with van der Waals surface area (Å²) in [5.41, 5.74) is 3.94. The predicted octanol–water partition coefficient (Wildman–Crippen LogP) is 4.43. The summed E-state index contributed by atoms with van der Waals surface area (Å²) in [5.74, 6) is 0.930. The van der Waals surface area contributed by atoms with Crippen molar-refractivity contribution in [2.75, 3.05) is 63.1 Å². The van der Waals surface area contributed by atoms with Crippen LogP contribution >= 0.6 is 0 Å². The Morgan fingerprint density at radius 2 is 1.56 bits per heavy atom. The molecule has 0 spiro atoms. The van der Waals surface area contributed by atoms with E-state index in [-0.39, 0.29) is 0 Å². The van der Waals surface area contributed by atoms with Crippen LogP contribution in [0.25, 0.3) is 0 Å². The number of hydrogen-bond donors (Lipinski definition) is 1. The molecule has 2 aromatic carbocycles. The molecule has 2 heterocycles. The molecule has 1 N–H and O–H groups in total. The van der Waals surface area contributed by atoms with Gasteiger partial charge in [-0.2, -0.15) is 0 Å². The van der Waals surface area contributed by atoms with Gasteiger partial charge in [0.2, 0.25) is 5.91 Å². The van der Waals surface area contributed by atoms with Crippen LogP contribution in [-0.2, 0) is 4.79 Å². The maximum Gasteiger partial charge on any atom is 0.222 e. The van der Waals surface area contributed by atoms with Crippen molar-refractivity contribution in [1.29, 1.82) is 0 Å². The fourth-order valence-electron chi connectivity index (χ4n) is 4.92. The lowest BCUT2D eigenvalue weighted by Gasteiger charge is -2.35. The van der Waals surface area contributed by atoms with Crippen molar-refractivity contribution < 1.29 is 4.79 Å². The van der Waals surface area contributed by atoms with Gasteiger partial charge in [0, 0.05) is 52.2 Å². The van der Waals surface area contributed by atoms with Crippen LogP contribution in [0.3, 0.4) is 0 Å². The van der Waals surface area contributed by atoms with Crippen LogP contribution < -0.4 is 10.2 Å². The molecule has 5 heteroatoms. The van der Waals surface area contributed by atoms with Gasteiger partial charge in [-0.1, -0.05) is 42.5 Å². The number of piperidine rings is 1. The molecule has 1 amide bonds. The van der Waals surface area contributed by atoms with Crippen LogP contribution in [0.4, 0.5) is 11.4 Å². The van der Waals surface area contributed by atoms with Gasteiger partial charge in [-0.3, -0.25) is 4.79 Å². The first-order chi connectivity index (χ1) is 15.7. The van der Waals surface area contributed by atoms with E-state index in [1.54, 1.807) is 0 Å². The molecule has 0 aromatic heterocycles. The SMILES string of the molecule is CN1CCN(c2ccccc2NCCCCC(=O)N2CCC(c3ccccc3)CC2)CC1. The molecule has 0 radical (unpaired) electrons. The average molecular weight is 435 g/mol.